The van der Waals surface area contributed by atoms with Gasteiger partial charge in [0.1, 0.15) is 10.4 Å². The van der Waals surface area contributed by atoms with Crippen molar-refractivity contribution in [2.45, 2.75) is 0 Å². The molecule has 2 N–H and O–H groups in total. The number of hydrogen-bond acceptors (Lipinski definition) is 3. The van der Waals surface area contributed by atoms with Crippen molar-refractivity contribution in [1.82, 2.24) is 19.6 Å². The Labute approximate surface area is 112 Å². The van der Waals surface area contributed by atoms with Crippen molar-refractivity contribution in [1.29, 1.82) is 0 Å². The molecule has 0 fully saturated rings. The fourth-order valence-electron chi connectivity index (χ4n) is 2.00. The van der Waals surface area contributed by atoms with E-state index in [9.17, 15) is 0 Å². The van der Waals surface area contributed by atoms with Gasteiger partial charge in [0, 0.05) is 31.1 Å². The number of aromatic nitrogens is 4. The predicted octanol–water partition coefficient (Wildman–Crippen LogP) is 2.32. The molecule has 0 radical (unpaired) electrons. The average molecular weight is 306 g/mol. The van der Waals surface area contributed by atoms with Crippen molar-refractivity contribution < 1.29 is 0 Å². The van der Waals surface area contributed by atoms with E-state index in [-0.39, 0.29) is 0 Å². The first-order chi connectivity index (χ1) is 8.56. The van der Waals surface area contributed by atoms with E-state index in [0.29, 0.717) is 5.82 Å². The Morgan fingerprint density at radius 1 is 1.11 bits per heavy atom. The largest absolute Gasteiger partial charge is 0.384 e. The van der Waals surface area contributed by atoms with Gasteiger partial charge in [-0.2, -0.15) is 10.2 Å². The number of aryl methyl sites for hydroxylation is 2. The highest BCUT2D eigenvalue weighted by Crippen LogP contribution is 2.28. The van der Waals surface area contributed by atoms with Gasteiger partial charge in [0.2, 0.25) is 0 Å². The van der Waals surface area contributed by atoms with Crippen molar-refractivity contribution >= 4 is 32.7 Å². The van der Waals surface area contributed by atoms with Gasteiger partial charge in [0.05, 0.1) is 11.2 Å². The maximum atomic E-state index is 5.80. The summed E-state index contributed by atoms with van der Waals surface area (Å²) in [7, 11) is 3.75. The molecule has 1 aromatic carbocycles. The lowest BCUT2D eigenvalue weighted by Crippen LogP contribution is -1.96. The van der Waals surface area contributed by atoms with E-state index in [1.807, 2.05) is 37.0 Å². The van der Waals surface area contributed by atoms with Gasteiger partial charge >= 0.3 is 0 Å². The van der Waals surface area contributed by atoms with Gasteiger partial charge in [0.25, 0.3) is 0 Å². The third-order valence-electron chi connectivity index (χ3n) is 3.02. The van der Waals surface area contributed by atoms with Crippen LogP contribution in [0, 0.1) is 0 Å². The van der Waals surface area contributed by atoms with Crippen molar-refractivity contribution in [3.63, 3.8) is 0 Å². The van der Waals surface area contributed by atoms with Gasteiger partial charge in [-0.15, -0.1) is 0 Å². The highest BCUT2D eigenvalue weighted by molar-refractivity contribution is 9.10. The molecule has 0 unspecified atom stereocenters. The minimum Gasteiger partial charge on any atom is -0.384 e. The molecule has 0 saturated heterocycles. The van der Waals surface area contributed by atoms with E-state index in [1.165, 1.54) is 0 Å². The highest BCUT2D eigenvalue weighted by Gasteiger charge is 2.10. The summed E-state index contributed by atoms with van der Waals surface area (Å²) in [5.41, 5.74) is 8.76. The lowest BCUT2D eigenvalue weighted by molar-refractivity contribution is 0.781. The normalized spacial score (nSPS) is 11.3. The second kappa shape index (κ2) is 3.84. The zero-order valence-electron chi connectivity index (χ0n) is 10.1. The minimum atomic E-state index is 0.649. The van der Waals surface area contributed by atoms with Crippen LogP contribution in [0.5, 0.6) is 0 Å². The molecule has 6 heteroatoms. The topological polar surface area (TPSA) is 61.7 Å². The van der Waals surface area contributed by atoms with E-state index in [4.69, 9.17) is 5.73 Å². The maximum Gasteiger partial charge on any atom is 0.135 e. The highest BCUT2D eigenvalue weighted by atomic mass is 79.9. The number of nitrogen functional groups attached to an aromatic ring is 1. The van der Waals surface area contributed by atoms with Crippen LogP contribution in [-0.4, -0.2) is 19.6 Å². The Hall–Kier alpha value is -1.82. The molecule has 0 spiro atoms. The molecular weight excluding hydrogens is 294 g/mol. The smallest absolute Gasteiger partial charge is 0.135 e. The number of nitrogens with zero attached hydrogens (tertiary/aromatic N) is 4. The third kappa shape index (κ3) is 1.60. The van der Waals surface area contributed by atoms with E-state index in [0.717, 1.165) is 26.8 Å². The molecule has 0 bridgehead atoms. The molecule has 0 aliphatic heterocycles. The van der Waals surface area contributed by atoms with Crippen molar-refractivity contribution in [3.8, 4) is 11.3 Å². The summed E-state index contributed by atoms with van der Waals surface area (Å²) in [5.74, 6) is 0.649. The maximum absolute atomic E-state index is 5.80. The Bertz CT molecular complexity index is 721. The molecule has 0 saturated carbocycles. The van der Waals surface area contributed by atoms with E-state index < -0.39 is 0 Å². The Morgan fingerprint density at radius 3 is 2.56 bits per heavy atom. The molecule has 2 heterocycles. The van der Waals surface area contributed by atoms with Gasteiger partial charge in [-0.1, -0.05) is 6.07 Å². The van der Waals surface area contributed by atoms with E-state index >= 15 is 0 Å². The fraction of sp³-hybridized carbons (Fsp3) is 0.167. The lowest BCUT2D eigenvalue weighted by Gasteiger charge is -1.98. The second-order valence-corrected chi connectivity index (χ2v) is 4.98. The monoisotopic (exact) mass is 305 g/mol. The quantitative estimate of drug-likeness (QED) is 0.750. The SMILES string of the molecule is Cn1nc(-c2ccc3c(Br)nn(C)c3c2)cc1N. The summed E-state index contributed by atoms with van der Waals surface area (Å²) >= 11 is 3.44. The molecule has 18 heavy (non-hydrogen) atoms. The van der Waals surface area contributed by atoms with Gasteiger partial charge in [0.15, 0.2) is 0 Å². The number of fused-ring (bicyclic) bond motifs is 1. The summed E-state index contributed by atoms with van der Waals surface area (Å²) in [4.78, 5) is 0. The molecule has 0 atom stereocenters. The van der Waals surface area contributed by atoms with Crippen LogP contribution in [-0.2, 0) is 14.1 Å². The van der Waals surface area contributed by atoms with Crippen molar-refractivity contribution in [2.75, 3.05) is 5.73 Å². The van der Waals surface area contributed by atoms with Gasteiger partial charge < -0.3 is 5.73 Å². The second-order valence-electron chi connectivity index (χ2n) is 4.22. The molecule has 2 aromatic heterocycles. The number of nitrogens with two attached hydrogens (primary N) is 1. The van der Waals surface area contributed by atoms with Gasteiger partial charge in [-0.25, -0.2) is 0 Å². The number of halogens is 1. The predicted molar refractivity (Wildman–Crippen MR) is 75.0 cm³/mol. The van der Waals surface area contributed by atoms with Crippen LogP contribution in [0.15, 0.2) is 28.9 Å². The first-order valence-corrected chi connectivity index (χ1v) is 6.27. The van der Waals surface area contributed by atoms with Crippen LogP contribution in [0.3, 0.4) is 0 Å². The van der Waals surface area contributed by atoms with E-state index in [1.54, 1.807) is 4.68 Å². The van der Waals surface area contributed by atoms with Crippen LogP contribution >= 0.6 is 15.9 Å². The fourth-order valence-corrected chi connectivity index (χ4v) is 2.57. The zero-order valence-corrected chi connectivity index (χ0v) is 11.6. The summed E-state index contributed by atoms with van der Waals surface area (Å²) in [6.07, 6.45) is 0. The number of rotatable bonds is 1. The molecular formula is C12H12BrN5. The van der Waals surface area contributed by atoms with Crippen molar-refractivity contribution in [3.05, 3.63) is 28.9 Å². The summed E-state index contributed by atoms with van der Waals surface area (Å²) in [5, 5.41) is 9.79. The standard InChI is InChI=1S/C12H12BrN5/c1-17-10-5-7(3-4-8(10)12(13)16-17)9-6-11(14)18(2)15-9/h3-6H,14H2,1-2H3. The van der Waals surface area contributed by atoms with Crippen LogP contribution in [0.4, 0.5) is 5.82 Å². The minimum absolute atomic E-state index is 0.649. The van der Waals surface area contributed by atoms with E-state index in [2.05, 4.69) is 32.2 Å². The van der Waals surface area contributed by atoms with Crippen LogP contribution in [0.2, 0.25) is 0 Å². The van der Waals surface area contributed by atoms with Gasteiger partial charge in [-0.3, -0.25) is 9.36 Å². The van der Waals surface area contributed by atoms with Crippen molar-refractivity contribution in [2.24, 2.45) is 14.1 Å². The summed E-state index contributed by atoms with van der Waals surface area (Å²) in [6.45, 7) is 0. The third-order valence-corrected chi connectivity index (χ3v) is 3.60. The first kappa shape index (κ1) is 11.3. The molecule has 3 aromatic rings. The number of hydrogen-bond donors (Lipinski definition) is 1. The molecule has 0 amide bonds. The Morgan fingerprint density at radius 2 is 1.89 bits per heavy atom. The van der Waals surface area contributed by atoms with Gasteiger partial charge in [-0.05, 0) is 28.1 Å². The lowest BCUT2D eigenvalue weighted by atomic mass is 10.1. The molecule has 0 aliphatic carbocycles. The van der Waals surface area contributed by atoms with Crippen LogP contribution in [0.25, 0.3) is 22.2 Å². The number of anilines is 1. The Balaban J connectivity index is 2.21. The number of benzene rings is 1. The molecule has 3 rings (SSSR count). The van der Waals surface area contributed by atoms with Crippen LogP contribution in [0.1, 0.15) is 0 Å². The molecule has 92 valence electrons. The Kier molecular flexibility index (Phi) is 2.41. The average Bonchev–Trinajstić information content (AvgIpc) is 2.81. The zero-order chi connectivity index (χ0) is 12.9. The molecule has 0 aliphatic rings. The first-order valence-electron chi connectivity index (χ1n) is 5.48. The summed E-state index contributed by atoms with van der Waals surface area (Å²) in [6, 6.07) is 7.99. The van der Waals surface area contributed by atoms with Crippen LogP contribution < -0.4 is 5.73 Å². The summed E-state index contributed by atoms with van der Waals surface area (Å²) < 4.78 is 4.36. The molecule has 5 nitrogen and oxygen atoms in total.